The molecule has 26 heavy (non-hydrogen) atoms. The number of carbonyl (C=O) groups is 1. The molecular formula is C16H15FN6O3. The van der Waals surface area contributed by atoms with Gasteiger partial charge < -0.3 is 5.32 Å². The molecule has 0 saturated heterocycles. The van der Waals surface area contributed by atoms with Crippen molar-refractivity contribution in [2.45, 2.75) is 20.0 Å². The van der Waals surface area contributed by atoms with E-state index in [-0.39, 0.29) is 24.0 Å². The van der Waals surface area contributed by atoms with Crippen molar-refractivity contribution in [1.29, 1.82) is 0 Å². The lowest BCUT2D eigenvalue weighted by Gasteiger charge is -2.04. The molecule has 10 heteroatoms. The highest BCUT2D eigenvalue weighted by molar-refractivity contribution is 5.90. The third kappa shape index (κ3) is 3.91. The highest BCUT2D eigenvalue weighted by Crippen LogP contribution is 2.16. The summed E-state index contributed by atoms with van der Waals surface area (Å²) in [6.45, 7) is 1.81. The summed E-state index contributed by atoms with van der Waals surface area (Å²) in [5, 5.41) is 21.4. The molecule has 0 aliphatic rings. The second-order valence-corrected chi connectivity index (χ2v) is 5.63. The summed E-state index contributed by atoms with van der Waals surface area (Å²) in [6.07, 6.45) is 4.24. The molecule has 1 amide bonds. The van der Waals surface area contributed by atoms with Crippen LogP contribution in [0.1, 0.15) is 11.3 Å². The zero-order valence-corrected chi connectivity index (χ0v) is 13.8. The Balaban J connectivity index is 1.61. The van der Waals surface area contributed by atoms with Gasteiger partial charge in [0.25, 0.3) is 0 Å². The van der Waals surface area contributed by atoms with Crippen LogP contribution in [0.5, 0.6) is 0 Å². The normalized spacial score (nSPS) is 10.7. The maximum Gasteiger partial charge on any atom is 0.309 e. The van der Waals surface area contributed by atoms with Crippen LogP contribution < -0.4 is 5.32 Å². The Labute approximate surface area is 147 Å². The Hall–Kier alpha value is -3.56. The Morgan fingerprint density at radius 1 is 1.27 bits per heavy atom. The molecular weight excluding hydrogens is 343 g/mol. The van der Waals surface area contributed by atoms with E-state index in [9.17, 15) is 19.3 Å². The summed E-state index contributed by atoms with van der Waals surface area (Å²) in [5.74, 6) is -0.691. The molecule has 0 aliphatic heterocycles. The van der Waals surface area contributed by atoms with Gasteiger partial charge in [-0.2, -0.15) is 10.2 Å². The number of aromatic nitrogens is 4. The smallest absolute Gasteiger partial charge is 0.309 e. The van der Waals surface area contributed by atoms with E-state index in [4.69, 9.17) is 0 Å². The number of nitro groups is 1. The number of carbonyl (C=O) groups excluding carboxylic acids is 1. The lowest BCUT2D eigenvalue weighted by molar-refractivity contribution is -0.385. The number of halogens is 1. The number of nitrogens with one attached hydrogen (secondary N) is 1. The lowest BCUT2D eigenvalue weighted by Crippen LogP contribution is -2.20. The summed E-state index contributed by atoms with van der Waals surface area (Å²) < 4.78 is 15.8. The standard InChI is InChI=1S/C16H15FN6O3/c1-11-15(23(25)26)7-19-22(11)10-16(24)20-14-6-18-21(9-14)8-12-2-4-13(17)5-3-12/h2-7,9H,8,10H2,1H3,(H,20,24). The fourth-order valence-electron chi connectivity index (χ4n) is 2.40. The number of nitrogens with zero attached hydrogens (tertiary/aromatic N) is 5. The van der Waals surface area contributed by atoms with E-state index in [1.165, 1.54) is 29.9 Å². The van der Waals surface area contributed by atoms with Gasteiger partial charge in [0, 0.05) is 6.20 Å². The number of hydrogen-bond acceptors (Lipinski definition) is 5. The third-order valence-corrected chi connectivity index (χ3v) is 3.74. The van der Waals surface area contributed by atoms with E-state index in [2.05, 4.69) is 15.5 Å². The van der Waals surface area contributed by atoms with Gasteiger partial charge >= 0.3 is 5.69 Å². The minimum atomic E-state index is -0.545. The van der Waals surface area contributed by atoms with E-state index in [1.807, 2.05) is 0 Å². The second-order valence-electron chi connectivity index (χ2n) is 5.63. The van der Waals surface area contributed by atoms with Crippen molar-refractivity contribution in [3.05, 3.63) is 70.0 Å². The van der Waals surface area contributed by atoms with Gasteiger partial charge in [-0.05, 0) is 24.6 Å². The SMILES string of the molecule is Cc1c([N+](=O)[O-])cnn1CC(=O)Nc1cnn(Cc2ccc(F)cc2)c1. The van der Waals surface area contributed by atoms with Crippen LogP contribution >= 0.6 is 0 Å². The molecule has 0 unspecified atom stereocenters. The molecule has 3 aromatic rings. The van der Waals surface area contributed by atoms with E-state index >= 15 is 0 Å². The summed E-state index contributed by atoms with van der Waals surface area (Å²) in [4.78, 5) is 22.4. The highest BCUT2D eigenvalue weighted by Gasteiger charge is 2.18. The van der Waals surface area contributed by atoms with Crippen LogP contribution in [-0.4, -0.2) is 30.4 Å². The summed E-state index contributed by atoms with van der Waals surface area (Å²) >= 11 is 0. The Bertz CT molecular complexity index is 947. The molecule has 9 nitrogen and oxygen atoms in total. The topological polar surface area (TPSA) is 108 Å². The number of hydrogen-bond donors (Lipinski definition) is 1. The molecule has 3 rings (SSSR count). The van der Waals surface area contributed by atoms with Crippen LogP contribution in [0.2, 0.25) is 0 Å². The van der Waals surface area contributed by atoms with Gasteiger partial charge in [0.1, 0.15) is 24.3 Å². The molecule has 0 aliphatic carbocycles. The first-order valence-electron chi connectivity index (χ1n) is 7.66. The van der Waals surface area contributed by atoms with E-state index < -0.39 is 4.92 Å². The summed E-state index contributed by atoms with van der Waals surface area (Å²) in [7, 11) is 0. The van der Waals surface area contributed by atoms with Crippen LogP contribution in [0.25, 0.3) is 0 Å². The van der Waals surface area contributed by atoms with Crippen LogP contribution in [0, 0.1) is 22.9 Å². The quantitative estimate of drug-likeness (QED) is 0.536. The Kier molecular flexibility index (Phi) is 4.74. The zero-order chi connectivity index (χ0) is 18.7. The van der Waals surface area contributed by atoms with Gasteiger partial charge in [-0.3, -0.25) is 24.3 Å². The largest absolute Gasteiger partial charge is 0.322 e. The predicted molar refractivity (Wildman–Crippen MR) is 90.0 cm³/mol. The van der Waals surface area contributed by atoms with Crippen molar-refractivity contribution >= 4 is 17.3 Å². The summed E-state index contributed by atoms with van der Waals surface area (Å²) in [5.41, 5.74) is 1.52. The zero-order valence-electron chi connectivity index (χ0n) is 13.8. The fraction of sp³-hybridized carbons (Fsp3) is 0.188. The molecule has 134 valence electrons. The molecule has 0 saturated carbocycles. The van der Waals surface area contributed by atoms with Crippen LogP contribution in [-0.2, 0) is 17.9 Å². The van der Waals surface area contributed by atoms with Gasteiger partial charge in [0.05, 0.1) is 23.4 Å². The van der Waals surface area contributed by atoms with E-state index in [0.29, 0.717) is 17.9 Å². The third-order valence-electron chi connectivity index (χ3n) is 3.74. The molecule has 0 radical (unpaired) electrons. The van der Waals surface area contributed by atoms with Gasteiger partial charge in [-0.25, -0.2) is 4.39 Å². The average molecular weight is 358 g/mol. The molecule has 0 spiro atoms. The molecule has 1 aromatic carbocycles. The minimum absolute atomic E-state index is 0.134. The van der Waals surface area contributed by atoms with Gasteiger partial charge in [-0.15, -0.1) is 0 Å². The van der Waals surface area contributed by atoms with Crippen LogP contribution in [0.15, 0.2) is 42.9 Å². The average Bonchev–Trinajstić information content (AvgIpc) is 3.17. The monoisotopic (exact) mass is 358 g/mol. The van der Waals surface area contributed by atoms with Crippen molar-refractivity contribution in [1.82, 2.24) is 19.6 Å². The number of benzene rings is 1. The first-order chi connectivity index (χ1) is 12.4. The van der Waals surface area contributed by atoms with Crippen molar-refractivity contribution in [3.8, 4) is 0 Å². The molecule has 2 aromatic heterocycles. The van der Waals surface area contributed by atoms with E-state index in [0.717, 1.165) is 11.8 Å². The maximum atomic E-state index is 12.9. The molecule has 0 fully saturated rings. The predicted octanol–water partition coefficient (Wildman–Crippen LogP) is 2.12. The van der Waals surface area contributed by atoms with Crippen molar-refractivity contribution in [2.24, 2.45) is 0 Å². The van der Waals surface area contributed by atoms with Gasteiger partial charge in [0.2, 0.25) is 5.91 Å². The van der Waals surface area contributed by atoms with Gasteiger partial charge in [-0.1, -0.05) is 12.1 Å². The Morgan fingerprint density at radius 2 is 2.00 bits per heavy atom. The van der Waals surface area contributed by atoms with Crippen LogP contribution in [0.4, 0.5) is 15.8 Å². The maximum absolute atomic E-state index is 12.9. The minimum Gasteiger partial charge on any atom is -0.322 e. The van der Waals surface area contributed by atoms with Gasteiger partial charge in [0.15, 0.2) is 0 Å². The number of anilines is 1. The number of rotatable bonds is 6. The molecule has 0 atom stereocenters. The second kappa shape index (κ2) is 7.13. The van der Waals surface area contributed by atoms with E-state index in [1.54, 1.807) is 23.0 Å². The lowest BCUT2D eigenvalue weighted by atomic mass is 10.2. The van der Waals surface area contributed by atoms with Crippen molar-refractivity contribution in [3.63, 3.8) is 0 Å². The number of amides is 1. The molecule has 0 bridgehead atoms. The molecule has 1 N–H and O–H groups in total. The first-order valence-corrected chi connectivity index (χ1v) is 7.66. The van der Waals surface area contributed by atoms with Crippen LogP contribution in [0.3, 0.4) is 0 Å². The summed E-state index contributed by atoms with van der Waals surface area (Å²) in [6, 6.07) is 6.05. The van der Waals surface area contributed by atoms with Crippen molar-refractivity contribution < 1.29 is 14.1 Å². The highest BCUT2D eigenvalue weighted by atomic mass is 19.1. The first kappa shape index (κ1) is 17.3. The fourth-order valence-corrected chi connectivity index (χ4v) is 2.40. The molecule has 2 heterocycles. The Morgan fingerprint density at radius 3 is 2.65 bits per heavy atom. The van der Waals surface area contributed by atoms with Crippen molar-refractivity contribution in [2.75, 3.05) is 5.32 Å².